The third kappa shape index (κ3) is 3.40. The van der Waals surface area contributed by atoms with Crippen LogP contribution in [0.25, 0.3) is 20.7 Å². The fourth-order valence-electron chi connectivity index (χ4n) is 3.06. The van der Waals surface area contributed by atoms with Gasteiger partial charge in [0.15, 0.2) is 0 Å². The molecule has 0 amide bonds. The zero-order chi connectivity index (χ0) is 18.8. The van der Waals surface area contributed by atoms with Gasteiger partial charge in [-0.05, 0) is 23.3 Å². The molecule has 0 unspecified atom stereocenters. The van der Waals surface area contributed by atoms with Gasteiger partial charge in [0.1, 0.15) is 23.1 Å². The lowest BCUT2D eigenvalue weighted by atomic mass is 10.1. The van der Waals surface area contributed by atoms with Crippen LogP contribution in [0.5, 0.6) is 0 Å². The molecule has 3 nitrogen and oxygen atoms in total. The van der Waals surface area contributed by atoms with Crippen LogP contribution in [-0.4, -0.2) is 16.2 Å². The molecule has 136 valence electrons. The molecule has 0 saturated carbocycles. The van der Waals surface area contributed by atoms with Gasteiger partial charge >= 0.3 is 0 Å². The zero-order valence-electron chi connectivity index (χ0n) is 14.4. The van der Waals surface area contributed by atoms with E-state index in [0.29, 0.717) is 21.6 Å². The van der Waals surface area contributed by atoms with E-state index in [1.807, 2.05) is 30.3 Å². The molecule has 4 rings (SSSR count). The minimum atomic E-state index is -0.687. The van der Waals surface area contributed by atoms with E-state index in [2.05, 4.69) is 4.98 Å². The molecular formula is C21H16F2N2OS. The Labute approximate surface area is 158 Å². The number of hydrogen-bond donors (Lipinski definition) is 0. The van der Waals surface area contributed by atoms with Crippen molar-refractivity contribution in [1.29, 1.82) is 0 Å². The van der Waals surface area contributed by atoms with E-state index in [1.54, 1.807) is 24.3 Å². The van der Waals surface area contributed by atoms with E-state index < -0.39 is 6.67 Å². The number of halogens is 2. The average molecular weight is 382 g/mol. The van der Waals surface area contributed by atoms with E-state index in [4.69, 9.17) is 0 Å². The molecule has 0 N–H and O–H groups in total. The quantitative estimate of drug-likeness (QED) is 0.496. The van der Waals surface area contributed by atoms with Gasteiger partial charge < -0.3 is 0 Å². The molecule has 0 aliphatic heterocycles. The van der Waals surface area contributed by atoms with Crippen LogP contribution in [0.4, 0.5) is 8.78 Å². The number of alkyl halides is 1. The lowest BCUT2D eigenvalue weighted by Crippen LogP contribution is -2.26. The maximum absolute atomic E-state index is 14.0. The highest BCUT2D eigenvalue weighted by Crippen LogP contribution is 2.31. The van der Waals surface area contributed by atoms with Crippen molar-refractivity contribution < 1.29 is 8.78 Å². The first-order valence-electron chi connectivity index (χ1n) is 8.55. The van der Waals surface area contributed by atoms with Crippen molar-refractivity contribution in [2.24, 2.45) is 0 Å². The van der Waals surface area contributed by atoms with Crippen molar-refractivity contribution in [2.45, 2.75) is 13.0 Å². The smallest absolute Gasteiger partial charge is 0.262 e. The molecule has 0 aliphatic rings. The summed E-state index contributed by atoms with van der Waals surface area (Å²) in [6.07, 6.45) is 0.135. The predicted octanol–water partition coefficient (Wildman–Crippen LogP) is 4.82. The summed E-state index contributed by atoms with van der Waals surface area (Å²) in [6.45, 7) is -0.783. The van der Waals surface area contributed by atoms with Crippen LogP contribution >= 0.6 is 11.3 Å². The monoisotopic (exact) mass is 382 g/mol. The summed E-state index contributed by atoms with van der Waals surface area (Å²) in [4.78, 5) is 19.0. The Hall–Kier alpha value is -2.86. The second-order valence-corrected chi connectivity index (χ2v) is 7.17. The van der Waals surface area contributed by atoms with Gasteiger partial charge in [-0.3, -0.25) is 9.36 Å². The Morgan fingerprint density at radius 2 is 1.78 bits per heavy atom. The lowest BCUT2D eigenvalue weighted by Gasteiger charge is -2.11. The van der Waals surface area contributed by atoms with E-state index >= 15 is 0 Å². The van der Waals surface area contributed by atoms with Crippen molar-refractivity contribution in [3.63, 3.8) is 0 Å². The number of fused-ring (bicyclic) bond motifs is 1. The van der Waals surface area contributed by atoms with E-state index in [0.717, 1.165) is 10.4 Å². The van der Waals surface area contributed by atoms with Crippen molar-refractivity contribution in [3.05, 3.63) is 88.2 Å². The van der Waals surface area contributed by atoms with Gasteiger partial charge in [0.05, 0.1) is 11.9 Å². The average Bonchev–Trinajstić information content (AvgIpc) is 3.12. The van der Waals surface area contributed by atoms with Crippen LogP contribution in [-0.2, 0) is 13.0 Å². The summed E-state index contributed by atoms with van der Waals surface area (Å²) in [5.74, 6) is 0.00603. The number of rotatable bonds is 5. The number of nitrogens with zero attached hydrogens (tertiary/aromatic N) is 2. The van der Waals surface area contributed by atoms with Gasteiger partial charge in [-0.1, -0.05) is 48.5 Å². The molecule has 2 aromatic carbocycles. The Bertz CT molecular complexity index is 1150. The summed E-state index contributed by atoms with van der Waals surface area (Å²) < 4.78 is 28.4. The van der Waals surface area contributed by atoms with Crippen LogP contribution in [0, 0.1) is 5.82 Å². The highest BCUT2D eigenvalue weighted by atomic mass is 32.1. The van der Waals surface area contributed by atoms with Gasteiger partial charge in [0.2, 0.25) is 0 Å². The SMILES string of the molecule is O=c1c2cc(-c3ccccc3)sc2nc(Cc2ccccc2F)n1CCF. The van der Waals surface area contributed by atoms with Crippen molar-refractivity contribution in [2.75, 3.05) is 6.67 Å². The molecule has 0 bridgehead atoms. The summed E-state index contributed by atoms with van der Waals surface area (Å²) in [5, 5.41) is 0.463. The minimum absolute atomic E-state index is 0.0952. The van der Waals surface area contributed by atoms with Crippen molar-refractivity contribution in [3.8, 4) is 10.4 Å². The molecule has 6 heteroatoms. The largest absolute Gasteiger partial charge is 0.293 e. The molecule has 2 heterocycles. The fraction of sp³-hybridized carbons (Fsp3) is 0.143. The van der Waals surface area contributed by atoms with Crippen molar-refractivity contribution in [1.82, 2.24) is 9.55 Å². The topological polar surface area (TPSA) is 34.9 Å². The molecule has 0 saturated heterocycles. The van der Waals surface area contributed by atoms with Crippen molar-refractivity contribution >= 4 is 21.6 Å². The van der Waals surface area contributed by atoms with Gasteiger partial charge in [-0.15, -0.1) is 11.3 Å². The standard InChI is InChI=1S/C21H16F2N2OS/c22-10-11-25-19(12-15-8-4-5-9-17(15)23)24-20-16(21(25)26)13-18(27-20)14-6-2-1-3-7-14/h1-9,13H,10-12H2. The first-order chi connectivity index (χ1) is 13.2. The van der Waals surface area contributed by atoms with Gasteiger partial charge in [-0.2, -0.15) is 0 Å². The third-order valence-electron chi connectivity index (χ3n) is 4.40. The number of aromatic nitrogens is 2. The van der Waals surface area contributed by atoms with Gasteiger partial charge in [-0.25, -0.2) is 13.8 Å². The number of thiophene rings is 1. The Morgan fingerprint density at radius 3 is 2.52 bits per heavy atom. The fourth-order valence-corrected chi connectivity index (χ4v) is 4.11. The molecule has 0 radical (unpaired) electrons. The Balaban J connectivity index is 1.86. The molecule has 2 aromatic heterocycles. The van der Waals surface area contributed by atoms with Crippen LogP contribution in [0.1, 0.15) is 11.4 Å². The first-order valence-corrected chi connectivity index (χ1v) is 9.37. The van der Waals surface area contributed by atoms with Gasteiger partial charge in [0.25, 0.3) is 5.56 Å². The summed E-state index contributed by atoms with van der Waals surface area (Å²) in [7, 11) is 0. The van der Waals surface area contributed by atoms with Crippen LogP contribution in [0.15, 0.2) is 65.5 Å². The third-order valence-corrected chi connectivity index (χ3v) is 5.48. The van der Waals surface area contributed by atoms with Gasteiger partial charge in [0, 0.05) is 11.3 Å². The second-order valence-electron chi connectivity index (χ2n) is 6.14. The van der Waals surface area contributed by atoms with E-state index in [9.17, 15) is 13.6 Å². The normalized spacial score (nSPS) is 11.2. The minimum Gasteiger partial charge on any atom is -0.293 e. The number of benzene rings is 2. The highest BCUT2D eigenvalue weighted by molar-refractivity contribution is 7.21. The van der Waals surface area contributed by atoms with Crippen LogP contribution in [0.2, 0.25) is 0 Å². The molecule has 0 spiro atoms. The summed E-state index contributed by atoms with van der Waals surface area (Å²) in [6, 6.07) is 17.9. The molecule has 0 atom stereocenters. The van der Waals surface area contributed by atoms with E-state index in [1.165, 1.54) is 22.0 Å². The summed E-state index contributed by atoms with van der Waals surface area (Å²) >= 11 is 1.41. The summed E-state index contributed by atoms with van der Waals surface area (Å²) in [5.41, 5.74) is 1.13. The number of hydrogen-bond acceptors (Lipinski definition) is 3. The maximum Gasteiger partial charge on any atom is 0.262 e. The van der Waals surface area contributed by atoms with E-state index in [-0.39, 0.29) is 24.3 Å². The predicted molar refractivity (Wildman–Crippen MR) is 104 cm³/mol. The lowest BCUT2D eigenvalue weighted by molar-refractivity contribution is 0.432. The molecule has 0 fully saturated rings. The molecule has 4 aromatic rings. The Morgan fingerprint density at radius 1 is 1.04 bits per heavy atom. The zero-order valence-corrected chi connectivity index (χ0v) is 15.2. The highest BCUT2D eigenvalue weighted by Gasteiger charge is 2.16. The molecular weight excluding hydrogens is 366 g/mol. The first kappa shape index (κ1) is 17.5. The van der Waals surface area contributed by atoms with Crippen LogP contribution < -0.4 is 5.56 Å². The Kier molecular flexibility index (Phi) is 4.81. The molecule has 0 aliphatic carbocycles. The second kappa shape index (κ2) is 7.40. The maximum atomic E-state index is 14.0. The van der Waals surface area contributed by atoms with Crippen LogP contribution in [0.3, 0.4) is 0 Å². The molecule has 27 heavy (non-hydrogen) atoms.